The van der Waals surface area contributed by atoms with Crippen LogP contribution in [0, 0.1) is 5.92 Å². The SMILES string of the molecule is COCCN(CCCC(=O)OC)C(C)C1CC1. The molecular formula is C13H25NO3. The van der Waals surface area contributed by atoms with Crippen LogP contribution in [0.25, 0.3) is 0 Å². The van der Waals surface area contributed by atoms with Gasteiger partial charge in [-0.1, -0.05) is 0 Å². The monoisotopic (exact) mass is 243 g/mol. The summed E-state index contributed by atoms with van der Waals surface area (Å²) in [4.78, 5) is 13.5. The summed E-state index contributed by atoms with van der Waals surface area (Å²) in [7, 11) is 3.17. The molecule has 0 radical (unpaired) electrons. The molecule has 1 aliphatic rings. The van der Waals surface area contributed by atoms with Crippen molar-refractivity contribution in [1.82, 2.24) is 4.90 Å². The van der Waals surface area contributed by atoms with Crippen molar-refractivity contribution in [2.24, 2.45) is 5.92 Å². The summed E-state index contributed by atoms with van der Waals surface area (Å²) in [5, 5.41) is 0. The summed E-state index contributed by atoms with van der Waals surface area (Å²) >= 11 is 0. The van der Waals surface area contributed by atoms with Crippen molar-refractivity contribution in [3.8, 4) is 0 Å². The van der Waals surface area contributed by atoms with E-state index in [0.29, 0.717) is 12.5 Å². The second-order valence-electron chi connectivity index (χ2n) is 4.79. The van der Waals surface area contributed by atoms with E-state index in [1.54, 1.807) is 7.11 Å². The van der Waals surface area contributed by atoms with Crippen LogP contribution >= 0.6 is 0 Å². The van der Waals surface area contributed by atoms with Gasteiger partial charge in [-0.05, 0) is 38.6 Å². The molecule has 4 nitrogen and oxygen atoms in total. The Morgan fingerprint density at radius 1 is 1.35 bits per heavy atom. The Kier molecular flexibility index (Phi) is 6.52. The van der Waals surface area contributed by atoms with Crippen LogP contribution in [0.1, 0.15) is 32.6 Å². The fraction of sp³-hybridized carbons (Fsp3) is 0.923. The lowest BCUT2D eigenvalue weighted by Gasteiger charge is -2.28. The predicted molar refractivity (Wildman–Crippen MR) is 66.9 cm³/mol. The average Bonchev–Trinajstić information content (AvgIpc) is 3.16. The zero-order valence-corrected chi connectivity index (χ0v) is 11.3. The summed E-state index contributed by atoms with van der Waals surface area (Å²) in [6.07, 6.45) is 4.08. The van der Waals surface area contributed by atoms with Crippen LogP contribution in [0.15, 0.2) is 0 Å². The summed E-state index contributed by atoms with van der Waals surface area (Å²) in [6.45, 7) is 4.95. The van der Waals surface area contributed by atoms with Gasteiger partial charge in [0.2, 0.25) is 0 Å². The predicted octanol–water partition coefficient (Wildman–Crippen LogP) is 1.69. The van der Waals surface area contributed by atoms with Crippen molar-refractivity contribution in [2.45, 2.75) is 38.6 Å². The maximum absolute atomic E-state index is 11.1. The highest BCUT2D eigenvalue weighted by molar-refractivity contribution is 5.69. The van der Waals surface area contributed by atoms with Crippen molar-refractivity contribution >= 4 is 5.97 Å². The Labute approximate surface area is 104 Å². The Balaban J connectivity index is 2.26. The summed E-state index contributed by atoms with van der Waals surface area (Å²) in [6, 6.07) is 0.614. The maximum atomic E-state index is 11.1. The van der Waals surface area contributed by atoms with Crippen LogP contribution in [0.5, 0.6) is 0 Å². The molecule has 1 rings (SSSR count). The van der Waals surface area contributed by atoms with Crippen molar-refractivity contribution in [2.75, 3.05) is 33.9 Å². The molecule has 1 fully saturated rings. The van der Waals surface area contributed by atoms with E-state index in [1.165, 1.54) is 20.0 Å². The molecule has 1 aliphatic carbocycles. The Morgan fingerprint density at radius 3 is 2.59 bits per heavy atom. The molecular weight excluding hydrogens is 218 g/mol. The van der Waals surface area contributed by atoms with Crippen molar-refractivity contribution < 1.29 is 14.3 Å². The second kappa shape index (κ2) is 7.67. The van der Waals surface area contributed by atoms with Crippen molar-refractivity contribution in [3.05, 3.63) is 0 Å². The quantitative estimate of drug-likeness (QED) is 0.578. The van der Waals surface area contributed by atoms with Gasteiger partial charge in [0.05, 0.1) is 13.7 Å². The Morgan fingerprint density at radius 2 is 2.06 bits per heavy atom. The Bertz CT molecular complexity index is 229. The average molecular weight is 243 g/mol. The van der Waals surface area contributed by atoms with E-state index in [9.17, 15) is 4.79 Å². The highest BCUT2D eigenvalue weighted by atomic mass is 16.5. The van der Waals surface area contributed by atoms with Gasteiger partial charge < -0.3 is 9.47 Å². The number of carbonyl (C=O) groups is 1. The highest BCUT2D eigenvalue weighted by Crippen LogP contribution is 2.35. The van der Waals surface area contributed by atoms with E-state index in [0.717, 1.165) is 32.0 Å². The third kappa shape index (κ3) is 5.50. The molecule has 0 aromatic carbocycles. The van der Waals surface area contributed by atoms with Gasteiger partial charge in [0.1, 0.15) is 0 Å². The molecule has 0 bridgehead atoms. The third-order valence-electron chi connectivity index (χ3n) is 3.52. The van der Waals surface area contributed by atoms with Crippen molar-refractivity contribution in [3.63, 3.8) is 0 Å². The van der Waals surface area contributed by atoms with Crippen LogP contribution in [-0.4, -0.2) is 50.8 Å². The van der Waals surface area contributed by atoms with E-state index in [-0.39, 0.29) is 5.97 Å². The fourth-order valence-electron chi connectivity index (χ4n) is 2.13. The smallest absolute Gasteiger partial charge is 0.305 e. The number of hydrogen-bond donors (Lipinski definition) is 0. The minimum atomic E-state index is -0.115. The molecule has 4 heteroatoms. The number of ether oxygens (including phenoxy) is 2. The molecule has 0 aliphatic heterocycles. The minimum absolute atomic E-state index is 0.115. The fourth-order valence-corrected chi connectivity index (χ4v) is 2.13. The number of carbonyl (C=O) groups excluding carboxylic acids is 1. The molecule has 100 valence electrons. The molecule has 0 spiro atoms. The topological polar surface area (TPSA) is 38.8 Å². The lowest BCUT2D eigenvalue weighted by molar-refractivity contribution is -0.140. The van der Waals surface area contributed by atoms with Gasteiger partial charge in [-0.2, -0.15) is 0 Å². The molecule has 0 aromatic rings. The third-order valence-corrected chi connectivity index (χ3v) is 3.52. The molecule has 1 atom stereocenters. The standard InChI is InChI=1S/C13H25NO3/c1-11(12-6-7-12)14(9-10-16-2)8-4-5-13(15)17-3/h11-12H,4-10H2,1-3H3. The highest BCUT2D eigenvalue weighted by Gasteiger charge is 2.31. The van der Waals surface area contributed by atoms with Gasteiger partial charge in [0, 0.05) is 26.1 Å². The maximum Gasteiger partial charge on any atom is 0.305 e. The van der Waals surface area contributed by atoms with Gasteiger partial charge in [-0.3, -0.25) is 9.69 Å². The summed E-state index contributed by atoms with van der Waals surface area (Å²) in [5.41, 5.74) is 0. The summed E-state index contributed by atoms with van der Waals surface area (Å²) < 4.78 is 9.79. The normalized spacial score (nSPS) is 17.2. The molecule has 0 saturated heterocycles. The number of hydrogen-bond acceptors (Lipinski definition) is 4. The van der Waals surface area contributed by atoms with Gasteiger partial charge in [0.25, 0.3) is 0 Å². The Hall–Kier alpha value is -0.610. The van der Waals surface area contributed by atoms with E-state index < -0.39 is 0 Å². The van der Waals surface area contributed by atoms with Gasteiger partial charge in [0.15, 0.2) is 0 Å². The number of rotatable bonds is 9. The van der Waals surface area contributed by atoms with E-state index >= 15 is 0 Å². The van der Waals surface area contributed by atoms with Gasteiger partial charge >= 0.3 is 5.97 Å². The van der Waals surface area contributed by atoms with Crippen LogP contribution in [-0.2, 0) is 14.3 Å². The molecule has 17 heavy (non-hydrogen) atoms. The van der Waals surface area contributed by atoms with Gasteiger partial charge in [-0.25, -0.2) is 0 Å². The van der Waals surface area contributed by atoms with E-state index in [4.69, 9.17) is 4.74 Å². The lowest BCUT2D eigenvalue weighted by atomic mass is 10.1. The zero-order chi connectivity index (χ0) is 12.7. The van der Waals surface area contributed by atoms with E-state index in [1.807, 2.05) is 0 Å². The van der Waals surface area contributed by atoms with Crippen LogP contribution in [0.3, 0.4) is 0 Å². The van der Waals surface area contributed by atoms with Crippen LogP contribution in [0.2, 0.25) is 0 Å². The minimum Gasteiger partial charge on any atom is -0.469 e. The first kappa shape index (κ1) is 14.5. The first-order valence-electron chi connectivity index (χ1n) is 6.48. The number of nitrogens with zero attached hydrogens (tertiary/aromatic N) is 1. The second-order valence-corrected chi connectivity index (χ2v) is 4.79. The first-order chi connectivity index (χ1) is 8.19. The van der Waals surface area contributed by atoms with Crippen LogP contribution in [0.4, 0.5) is 0 Å². The molecule has 0 aromatic heterocycles. The molecule has 1 saturated carbocycles. The molecule has 0 amide bonds. The summed E-state index contributed by atoms with van der Waals surface area (Å²) in [5.74, 6) is 0.737. The lowest BCUT2D eigenvalue weighted by Crippen LogP contribution is -2.38. The zero-order valence-electron chi connectivity index (χ0n) is 11.3. The molecule has 0 N–H and O–H groups in total. The largest absolute Gasteiger partial charge is 0.469 e. The van der Waals surface area contributed by atoms with Crippen molar-refractivity contribution in [1.29, 1.82) is 0 Å². The number of methoxy groups -OCH3 is 2. The molecule has 0 heterocycles. The van der Waals surface area contributed by atoms with E-state index in [2.05, 4.69) is 16.6 Å². The van der Waals surface area contributed by atoms with Crippen LogP contribution < -0.4 is 0 Å². The number of esters is 1. The van der Waals surface area contributed by atoms with Gasteiger partial charge in [-0.15, -0.1) is 0 Å². The molecule has 1 unspecified atom stereocenters. The first-order valence-corrected chi connectivity index (χ1v) is 6.48.